The molecule has 0 rings (SSSR count). The molecule has 0 aromatic heterocycles. The van der Waals surface area contributed by atoms with Crippen LogP contribution in [0.1, 0.15) is 476 Å². The van der Waals surface area contributed by atoms with Crippen molar-refractivity contribution in [2.75, 3.05) is 13.2 Å². The van der Waals surface area contributed by atoms with Crippen molar-refractivity contribution in [2.45, 2.75) is 488 Å². The van der Waals surface area contributed by atoms with Crippen LogP contribution < -0.4 is 5.32 Å². The van der Waals surface area contributed by atoms with Gasteiger partial charge in [-0.25, -0.2) is 0 Å². The van der Waals surface area contributed by atoms with Crippen molar-refractivity contribution in [2.24, 2.45) is 0 Å². The summed E-state index contributed by atoms with van der Waals surface area (Å²) in [6.07, 6.45) is 99.1. The molecule has 0 fully saturated rings. The molecule has 1 amide bonds. The van der Waals surface area contributed by atoms with Crippen LogP contribution in [-0.2, 0) is 14.3 Å². The highest BCUT2D eigenvalue weighted by Crippen LogP contribution is 2.21. The lowest BCUT2D eigenvalue weighted by molar-refractivity contribution is -0.143. The molecule has 0 aliphatic rings. The Morgan fingerprint density at radius 2 is 0.534 bits per heavy atom. The Bertz CT molecular complexity index is 1340. The molecule has 0 aromatic carbocycles. The number of hydrogen-bond donors (Lipinski definition) is 3. The van der Waals surface area contributed by atoms with E-state index in [-0.39, 0.29) is 18.5 Å². The first-order valence-electron chi connectivity index (χ1n) is 40.9. The Morgan fingerprint density at radius 3 is 0.807 bits per heavy atom. The maximum Gasteiger partial charge on any atom is 0.305 e. The molecule has 524 valence electrons. The normalized spacial score (nSPS) is 12.5. The summed E-state index contributed by atoms with van der Waals surface area (Å²) in [5, 5.41) is 23.3. The number of aliphatic hydroxyl groups is 2. The zero-order chi connectivity index (χ0) is 63.5. The van der Waals surface area contributed by atoms with Gasteiger partial charge in [-0.05, 0) is 51.4 Å². The van der Waals surface area contributed by atoms with E-state index < -0.39 is 12.1 Å². The number of unbranched alkanes of at least 4 members (excludes halogenated alkanes) is 65. The number of carbonyl (C=O) groups excluding carboxylic acids is 2. The topological polar surface area (TPSA) is 95.9 Å². The lowest BCUT2D eigenvalue weighted by Gasteiger charge is -2.22. The van der Waals surface area contributed by atoms with Crippen molar-refractivity contribution in [3.63, 3.8) is 0 Å². The van der Waals surface area contributed by atoms with Gasteiger partial charge in [0.25, 0.3) is 0 Å². The zero-order valence-corrected chi connectivity index (χ0v) is 60.3. The fourth-order valence-corrected chi connectivity index (χ4v) is 13.3. The van der Waals surface area contributed by atoms with Gasteiger partial charge in [-0.3, -0.25) is 9.59 Å². The third-order valence-corrected chi connectivity index (χ3v) is 19.6. The second-order valence-corrected chi connectivity index (χ2v) is 28.5. The average molecular weight is 1240 g/mol. The van der Waals surface area contributed by atoms with E-state index in [2.05, 4.69) is 31.3 Å². The van der Waals surface area contributed by atoms with Crippen molar-refractivity contribution < 1.29 is 24.5 Å². The lowest BCUT2D eigenvalue weighted by Crippen LogP contribution is -2.45. The van der Waals surface area contributed by atoms with Gasteiger partial charge in [0, 0.05) is 12.8 Å². The standard InChI is InChI=1S/C82H161NO5/c1-3-5-7-9-11-13-15-17-18-19-41-45-48-52-56-60-64-68-72-76-82(87)88-77-73-69-65-61-57-53-49-46-43-40-38-36-34-32-30-28-26-24-22-20-21-23-25-27-29-31-33-35-37-39-42-44-47-51-55-59-63-67-71-75-81(86)83-79(78-84)80(85)74-70-66-62-58-54-50-16-14-12-10-8-6-4-2/h17-18,79-80,84-85H,3-16,19-78H2,1-2H3,(H,83,86)/b18-17-. The van der Waals surface area contributed by atoms with Gasteiger partial charge in [-0.15, -0.1) is 0 Å². The van der Waals surface area contributed by atoms with Gasteiger partial charge in [-0.2, -0.15) is 0 Å². The van der Waals surface area contributed by atoms with Crippen LogP contribution in [0, 0.1) is 0 Å². The van der Waals surface area contributed by atoms with Crippen LogP contribution >= 0.6 is 0 Å². The lowest BCUT2D eigenvalue weighted by atomic mass is 10.0. The van der Waals surface area contributed by atoms with E-state index in [0.717, 1.165) is 38.5 Å². The molecular weight excluding hydrogens is 1080 g/mol. The van der Waals surface area contributed by atoms with Crippen LogP contribution in [0.2, 0.25) is 0 Å². The second kappa shape index (κ2) is 78.0. The molecule has 0 radical (unpaired) electrons. The van der Waals surface area contributed by atoms with Crippen LogP contribution in [0.4, 0.5) is 0 Å². The summed E-state index contributed by atoms with van der Waals surface area (Å²) in [5.41, 5.74) is 0. The quantitative estimate of drug-likeness (QED) is 0.0320. The van der Waals surface area contributed by atoms with Crippen LogP contribution in [0.3, 0.4) is 0 Å². The van der Waals surface area contributed by atoms with E-state index in [4.69, 9.17) is 4.74 Å². The minimum atomic E-state index is -0.658. The van der Waals surface area contributed by atoms with Crippen molar-refractivity contribution in [3.05, 3.63) is 12.2 Å². The largest absolute Gasteiger partial charge is 0.466 e. The predicted octanol–water partition coefficient (Wildman–Crippen LogP) is 27.1. The third kappa shape index (κ3) is 73.6. The molecule has 0 saturated carbocycles. The number of esters is 1. The Hall–Kier alpha value is -1.40. The van der Waals surface area contributed by atoms with E-state index in [1.165, 1.54) is 405 Å². The number of aliphatic hydroxyl groups excluding tert-OH is 2. The molecule has 0 aliphatic heterocycles. The van der Waals surface area contributed by atoms with Crippen molar-refractivity contribution >= 4 is 11.9 Å². The molecule has 0 aromatic rings. The summed E-state index contributed by atoms with van der Waals surface area (Å²) in [4.78, 5) is 24.6. The molecule has 88 heavy (non-hydrogen) atoms. The molecule has 0 bridgehead atoms. The van der Waals surface area contributed by atoms with E-state index in [9.17, 15) is 19.8 Å². The smallest absolute Gasteiger partial charge is 0.305 e. The maximum absolute atomic E-state index is 12.5. The third-order valence-electron chi connectivity index (χ3n) is 19.6. The first-order valence-corrected chi connectivity index (χ1v) is 40.9. The number of amides is 1. The van der Waals surface area contributed by atoms with E-state index >= 15 is 0 Å². The summed E-state index contributed by atoms with van der Waals surface area (Å²) in [6, 6.07) is -0.535. The van der Waals surface area contributed by atoms with Gasteiger partial charge in [0.1, 0.15) is 0 Å². The first-order chi connectivity index (χ1) is 43.5. The van der Waals surface area contributed by atoms with Crippen LogP contribution in [0.5, 0.6) is 0 Å². The SMILES string of the molecule is CCCCCCCC/C=C\CCCCCCCCCCCC(=O)OCCCCCCCCCCCCCCCCCCCCCCCCCCCCCCCCCCCCCCCCCC(=O)NC(CO)C(O)CCCCCCCCCCCCCCC. The summed E-state index contributed by atoms with van der Waals surface area (Å²) in [7, 11) is 0. The summed E-state index contributed by atoms with van der Waals surface area (Å²) < 4.78 is 5.52. The summed E-state index contributed by atoms with van der Waals surface area (Å²) >= 11 is 0. The van der Waals surface area contributed by atoms with E-state index in [1.54, 1.807) is 0 Å². The van der Waals surface area contributed by atoms with Gasteiger partial charge in [0.15, 0.2) is 0 Å². The number of carbonyl (C=O) groups is 2. The van der Waals surface area contributed by atoms with Crippen molar-refractivity contribution in [3.8, 4) is 0 Å². The van der Waals surface area contributed by atoms with Gasteiger partial charge >= 0.3 is 5.97 Å². The molecule has 2 atom stereocenters. The van der Waals surface area contributed by atoms with Gasteiger partial charge in [0.05, 0.1) is 25.4 Å². The zero-order valence-electron chi connectivity index (χ0n) is 60.3. The van der Waals surface area contributed by atoms with Crippen LogP contribution in [0.25, 0.3) is 0 Å². The monoisotopic (exact) mass is 1240 g/mol. The van der Waals surface area contributed by atoms with Crippen LogP contribution in [0.15, 0.2) is 12.2 Å². The number of nitrogens with one attached hydrogen (secondary N) is 1. The van der Waals surface area contributed by atoms with Crippen LogP contribution in [-0.4, -0.2) is 47.4 Å². The molecular formula is C82H161NO5. The Labute approximate surface area is 552 Å². The van der Waals surface area contributed by atoms with Gasteiger partial charge < -0.3 is 20.3 Å². The number of allylic oxidation sites excluding steroid dienone is 2. The first kappa shape index (κ1) is 86.6. The van der Waals surface area contributed by atoms with Gasteiger partial charge in [-0.1, -0.05) is 424 Å². The average Bonchev–Trinajstić information content (AvgIpc) is 3.54. The van der Waals surface area contributed by atoms with E-state index in [1.807, 2.05) is 0 Å². The molecule has 0 spiro atoms. The number of rotatable bonds is 78. The highest BCUT2D eigenvalue weighted by Gasteiger charge is 2.20. The fraction of sp³-hybridized carbons (Fsp3) is 0.951. The molecule has 0 heterocycles. The molecule has 6 nitrogen and oxygen atoms in total. The second-order valence-electron chi connectivity index (χ2n) is 28.5. The minimum absolute atomic E-state index is 0.0248. The van der Waals surface area contributed by atoms with Gasteiger partial charge in [0.2, 0.25) is 5.91 Å². The summed E-state index contributed by atoms with van der Waals surface area (Å²) in [5.74, 6) is -0.000891. The fourth-order valence-electron chi connectivity index (χ4n) is 13.3. The molecule has 3 N–H and O–H groups in total. The summed E-state index contributed by atoms with van der Waals surface area (Å²) in [6.45, 7) is 5.00. The molecule has 6 heteroatoms. The Morgan fingerprint density at radius 1 is 0.307 bits per heavy atom. The minimum Gasteiger partial charge on any atom is -0.466 e. The highest BCUT2D eigenvalue weighted by atomic mass is 16.5. The Kier molecular flexibility index (Phi) is 76.8. The Balaban J connectivity index is 3.26. The van der Waals surface area contributed by atoms with Crippen molar-refractivity contribution in [1.82, 2.24) is 5.32 Å². The number of hydrogen-bond acceptors (Lipinski definition) is 5. The van der Waals surface area contributed by atoms with Crippen molar-refractivity contribution in [1.29, 1.82) is 0 Å². The highest BCUT2D eigenvalue weighted by molar-refractivity contribution is 5.76. The maximum atomic E-state index is 12.5. The molecule has 0 aliphatic carbocycles. The molecule has 0 saturated heterocycles. The van der Waals surface area contributed by atoms with E-state index in [0.29, 0.717) is 25.9 Å². The predicted molar refractivity (Wildman–Crippen MR) is 389 cm³/mol. The number of ether oxygens (including phenoxy) is 1. The molecule has 2 unspecified atom stereocenters.